The molecule has 1 N–H and O–H groups in total. The van der Waals surface area contributed by atoms with E-state index in [9.17, 15) is 0 Å². The summed E-state index contributed by atoms with van der Waals surface area (Å²) in [5.41, 5.74) is 2.98. The molecule has 5 atom stereocenters. The van der Waals surface area contributed by atoms with Gasteiger partial charge in [-0.25, -0.2) is 0 Å². The summed E-state index contributed by atoms with van der Waals surface area (Å²) in [6, 6.07) is 0. The van der Waals surface area contributed by atoms with Crippen LogP contribution in [0.4, 0.5) is 0 Å². The largest absolute Gasteiger partial charge is 0.373 e. The van der Waals surface area contributed by atoms with Crippen LogP contribution in [0.1, 0.15) is 80.1 Å². The van der Waals surface area contributed by atoms with Gasteiger partial charge in [-0.2, -0.15) is 0 Å². The molecule has 2 nitrogen and oxygen atoms in total. The minimum atomic E-state index is 0.0863. The lowest BCUT2D eigenvalue weighted by Gasteiger charge is -2.52. The van der Waals surface area contributed by atoms with Crippen molar-refractivity contribution in [3.05, 3.63) is 23.3 Å². The van der Waals surface area contributed by atoms with Gasteiger partial charge in [0.25, 0.3) is 0 Å². The summed E-state index contributed by atoms with van der Waals surface area (Å²) in [5, 5.41) is 3.53. The summed E-state index contributed by atoms with van der Waals surface area (Å²) >= 11 is 0. The maximum Gasteiger partial charge on any atom is 0.0708 e. The Balaban J connectivity index is 1.68. The predicted octanol–water partition coefficient (Wildman–Crippen LogP) is 6.14. The molecule has 0 aromatic carbocycles. The van der Waals surface area contributed by atoms with E-state index in [0.717, 1.165) is 43.9 Å². The van der Waals surface area contributed by atoms with Crippen LogP contribution >= 0.6 is 0 Å². The molecule has 0 heterocycles. The van der Waals surface area contributed by atoms with E-state index in [1.54, 1.807) is 0 Å². The van der Waals surface area contributed by atoms with Crippen LogP contribution in [-0.4, -0.2) is 25.3 Å². The highest BCUT2D eigenvalue weighted by Crippen LogP contribution is 2.51. The number of allylic oxidation sites excluding steroid dienone is 3. The van der Waals surface area contributed by atoms with Gasteiger partial charge >= 0.3 is 0 Å². The quantitative estimate of drug-likeness (QED) is 0.393. The molecule has 0 aromatic heterocycles. The molecule has 0 radical (unpaired) electrons. The van der Waals surface area contributed by atoms with E-state index >= 15 is 0 Å². The van der Waals surface area contributed by atoms with Crippen LogP contribution < -0.4 is 5.32 Å². The first kappa shape index (κ1) is 21.7. The third kappa shape index (κ3) is 6.23. The summed E-state index contributed by atoms with van der Waals surface area (Å²) in [6.07, 6.45) is 12.5. The molecule has 2 rings (SSSR count). The standard InChI is InChI=1S/C24H43NO/c1-18(2)8-7-9-19(3)10-11-25-12-13-26-24(6)21(5)16-22-14-20(4)15-23(24)17-22/h8,10,20-23,25H,7,9,11-17H2,1-6H3/b19-10+. The molecule has 2 saturated carbocycles. The molecule has 0 aliphatic heterocycles. The Bertz CT molecular complexity index is 486. The van der Waals surface area contributed by atoms with E-state index in [0.29, 0.717) is 5.92 Å². The van der Waals surface area contributed by atoms with Crippen molar-refractivity contribution in [3.8, 4) is 0 Å². The Morgan fingerprint density at radius 1 is 1.08 bits per heavy atom. The van der Waals surface area contributed by atoms with Gasteiger partial charge in [0.05, 0.1) is 12.2 Å². The molecule has 26 heavy (non-hydrogen) atoms. The molecule has 0 saturated heterocycles. The van der Waals surface area contributed by atoms with Gasteiger partial charge in [-0.15, -0.1) is 0 Å². The average molecular weight is 362 g/mol. The zero-order chi connectivity index (χ0) is 19.2. The van der Waals surface area contributed by atoms with Crippen LogP contribution in [0.25, 0.3) is 0 Å². The van der Waals surface area contributed by atoms with Crippen LogP contribution in [0.3, 0.4) is 0 Å². The van der Waals surface area contributed by atoms with Gasteiger partial charge in [-0.05, 0) is 89.9 Å². The minimum absolute atomic E-state index is 0.0863. The Hall–Kier alpha value is -0.600. The second kappa shape index (κ2) is 10.1. The van der Waals surface area contributed by atoms with Crippen molar-refractivity contribution in [2.45, 2.75) is 85.7 Å². The summed E-state index contributed by atoms with van der Waals surface area (Å²) in [7, 11) is 0. The van der Waals surface area contributed by atoms with Crippen LogP contribution in [0.2, 0.25) is 0 Å². The van der Waals surface area contributed by atoms with Crippen molar-refractivity contribution < 1.29 is 4.74 Å². The molecule has 150 valence electrons. The third-order valence-electron chi connectivity index (χ3n) is 6.89. The van der Waals surface area contributed by atoms with E-state index in [2.05, 4.69) is 59.0 Å². The highest BCUT2D eigenvalue weighted by Gasteiger charge is 2.48. The van der Waals surface area contributed by atoms with E-state index in [-0.39, 0.29) is 5.60 Å². The van der Waals surface area contributed by atoms with Gasteiger partial charge in [0.15, 0.2) is 0 Å². The topological polar surface area (TPSA) is 21.3 Å². The Labute approximate surface area is 162 Å². The summed E-state index contributed by atoms with van der Waals surface area (Å²) in [5.74, 6) is 3.29. The summed E-state index contributed by atoms with van der Waals surface area (Å²) in [4.78, 5) is 0. The van der Waals surface area contributed by atoms with E-state index in [1.807, 2.05) is 0 Å². The molecule has 2 aliphatic carbocycles. The van der Waals surface area contributed by atoms with Gasteiger partial charge in [-0.1, -0.05) is 37.1 Å². The second-order valence-corrected chi connectivity index (χ2v) is 9.62. The lowest BCUT2D eigenvalue weighted by molar-refractivity contribution is -0.154. The van der Waals surface area contributed by atoms with Gasteiger partial charge in [-0.3, -0.25) is 0 Å². The molecule has 5 unspecified atom stereocenters. The monoisotopic (exact) mass is 361 g/mol. The first-order valence-corrected chi connectivity index (χ1v) is 10.9. The molecule has 0 spiro atoms. The maximum absolute atomic E-state index is 6.52. The molecule has 2 bridgehead atoms. The van der Waals surface area contributed by atoms with E-state index in [4.69, 9.17) is 4.74 Å². The van der Waals surface area contributed by atoms with E-state index < -0.39 is 0 Å². The Kier molecular flexibility index (Phi) is 8.41. The molecule has 0 aromatic rings. The second-order valence-electron chi connectivity index (χ2n) is 9.62. The molecule has 2 heteroatoms. The van der Waals surface area contributed by atoms with Gasteiger partial charge in [0, 0.05) is 13.1 Å². The minimum Gasteiger partial charge on any atom is -0.373 e. The first-order valence-electron chi connectivity index (χ1n) is 10.9. The lowest BCUT2D eigenvalue weighted by Crippen LogP contribution is -2.52. The maximum atomic E-state index is 6.52. The fraction of sp³-hybridized carbons (Fsp3) is 0.833. The van der Waals surface area contributed by atoms with Crippen molar-refractivity contribution in [2.24, 2.45) is 23.7 Å². The number of ether oxygens (including phenoxy) is 1. The summed E-state index contributed by atoms with van der Waals surface area (Å²) < 4.78 is 6.52. The zero-order valence-corrected chi connectivity index (χ0v) is 18.2. The first-order chi connectivity index (χ1) is 12.3. The molecular weight excluding hydrogens is 318 g/mol. The SMILES string of the molecule is CC(C)=CCC/C(C)=C/CNCCOC1(C)C(C)CC2CC(C)CC1C2. The molecule has 0 amide bonds. The zero-order valence-electron chi connectivity index (χ0n) is 18.2. The van der Waals surface area contributed by atoms with E-state index in [1.165, 1.54) is 43.3 Å². The number of fused-ring (bicyclic) bond motifs is 2. The smallest absolute Gasteiger partial charge is 0.0708 e. The Morgan fingerprint density at radius 3 is 2.58 bits per heavy atom. The van der Waals surface area contributed by atoms with Crippen LogP contribution in [-0.2, 0) is 4.74 Å². The Morgan fingerprint density at radius 2 is 1.85 bits per heavy atom. The lowest BCUT2D eigenvalue weighted by atomic mass is 9.58. The number of nitrogens with one attached hydrogen (secondary N) is 1. The highest BCUT2D eigenvalue weighted by molar-refractivity contribution is 5.03. The van der Waals surface area contributed by atoms with Crippen LogP contribution in [0.5, 0.6) is 0 Å². The van der Waals surface area contributed by atoms with Gasteiger partial charge in [0.1, 0.15) is 0 Å². The van der Waals surface area contributed by atoms with Crippen molar-refractivity contribution in [2.75, 3.05) is 19.7 Å². The number of hydrogen-bond donors (Lipinski definition) is 1. The van der Waals surface area contributed by atoms with Crippen molar-refractivity contribution in [1.29, 1.82) is 0 Å². The van der Waals surface area contributed by atoms with Gasteiger partial charge in [0.2, 0.25) is 0 Å². The molecule has 2 aliphatic rings. The van der Waals surface area contributed by atoms with Crippen molar-refractivity contribution in [1.82, 2.24) is 5.32 Å². The number of rotatable bonds is 9. The van der Waals surface area contributed by atoms with Crippen molar-refractivity contribution in [3.63, 3.8) is 0 Å². The van der Waals surface area contributed by atoms with Crippen molar-refractivity contribution >= 4 is 0 Å². The van der Waals surface area contributed by atoms with Crippen LogP contribution in [0.15, 0.2) is 23.3 Å². The van der Waals surface area contributed by atoms with Crippen LogP contribution in [0, 0.1) is 23.7 Å². The summed E-state index contributed by atoms with van der Waals surface area (Å²) in [6.45, 7) is 16.6. The normalized spacial score (nSPS) is 34.6. The molecular formula is C24H43NO. The van der Waals surface area contributed by atoms with Gasteiger partial charge < -0.3 is 10.1 Å². The fourth-order valence-electron chi connectivity index (χ4n) is 5.18. The fourth-order valence-corrected chi connectivity index (χ4v) is 5.18. The highest BCUT2D eigenvalue weighted by atomic mass is 16.5. The predicted molar refractivity (Wildman–Crippen MR) is 113 cm³/mol. The average Bonchev–Trinajstić information content (AvgIpc) is 2.55. The third-order valence-corrected chi connectivity index (χ3v) is 6.89. The molecule has 2 fully saturated rings. The number of hydrogen-bond acceptors (Lipinski definition) is 2.